The van der Waals surface area contributed by atoms with Crippen molar-refractivity contribution >= 4 is 5.97 Å². The number of carbonyl (C=O) groups excluding carboxylic acids is 1. The first kappa shape index (κ1) is 15.4. The van der Waals surface area contributed by atoms with Gasteiger partial charge < -0.3 is 9.47 Å². The Morgan fingerprint density at radius 2 is 2.17 bits per heavy atom. The van der Waals surface area contributed by atoms with Crippen molar-refractivity contribution < 1.29 is 24.0 Å². The predicted octanol–water partition coefficient (Wildman–Crippen LogP) is 2.58. The molecule has 1 heterocycles. The highest BCUT2D eigenvalue weighted by Crippen LogP contribution is 2.33. The first-order valence-electron chi connectivity index (χ1n) is 6.62. The van der Waals surface area contributed by atoms with Crippen LogP contribution in [-0.4, -0.2) is 32.1 Å². The van der Waals surface area contributed by atoms with Crippen molar-refractivity contribution in [2.75, 3.05) is 14.2 Å². The van der Waals surface area contributed by atoms with Crippen molar-refractivity contribution in [2.45, 2.75) is 63.8 Å². The van der Waals surface area contributed by atoms with E-state index >= 15 is 0 Å². The summed E-state index contributed by atoms with van der Waals surface area (Å²) in [6, 6.07) is 0. The van der Waals surface area contributed by atoms with Crippen LogP contribution in [-0.2, 0) is 24.0 Å². The third kappa shape index (κ3) is 4.55. The first-order valence-corrected chi connectivity index (χ1v) is 6.62. The Morgan fingerprint density at radius 3 is 2.67 bits per heavy atom. The summed E-state index contributed by atoms with van der Waals surface area (Å²) in [6.07, 6.45) is 5.67. The molecule has 0 aromatic carbocycles. The van der Waals surface area contributed by atoms with Gasteiger partial charge in [-0.25, -0.2) is 9.78 Å². The number of hydrogen-bond donors (Lipinski definition) is 0. The molecule has 0 spiro atoms. The summed E-state index contributed by atoms with van der Waals surface area (Å²) in [7, 11) is 3.01. The fourth-order valence-electron chi connectivity index (χ4n) is 2.08. The van der Waals surface area contributed by atoms with Crippen molar-refractivity contribution in [1.29, 1.82) is 0 Å². The van der Waals surface area contributed by atoms with Gasteiger partial charge in [-0.2, -0.15) is 0 Å². The Bertz CT molecular complexity index is 246. The van der Waals surface area contributed by atoms with Crippen LogP contribution in [0.15, 0.2) is 0 Å². The van der Waals surface area contributed by atoms with Gasteiger partial charge in [0.25, 0.3) is 0 Å². The maximum atomic E-state index is 11.1. The van der Waals surface area contributed by atoms with E-state index in [1.165, 1.54) is 7.11 Å². The molecule has 2 atom stereocenters. The number of hydrogen-bond acceptors (Lipinski definition) is 5. The lowest BCUT2D eigenvalue weighted by molar-refractivity contribution is -0.466. The number of methoxy groups -OCH3 is 2. The molecule has 0 aromatic rings. The van der Waals surface area contributed by atoms with Gasteiger partial charge in [0.1, 0.15) is 6.10 Å². The molecule has 1 fully saturated rings. The molecule has 0 aromatic heterocycles. The summed E-state index contributed by atoms with van der Waals surface area (Å²) < 4.78 is 10.0. The molecule has 106 valence electrons. The van der Waals surface area contributed by atoms with Crippen LogP contribution in [0.5, 0.6) is 0 Å². The monoisotopic (exact) mass is 260 g/mol. The molecule has 0 N–H and O–H groups in total. The number of carbonyl (C=O) groups is 1. The molecule has 0 amide bonds. The van der Waals surface area contributed by atoms with Gasteiger partial charge >= 0.3 is 5.97 Å². The summed E-state index contributed by atoms with van der Waals surface area (Å²) >= 11 is 0. The van der Waals surface area contributed by atoms with Gasteiger partial charge in [0.15, 0.2) is 0 Å². The average molecular weight is 260 g/mol. The molecule has 0 saturated carbocycles. The summed E-state index contributed by atoms with van der Waals surface area (Å²) in [6.45, 7) is 2.16. The Kier molecular flexibility index (Phi) is 6.60. The fourth-order valence-corrected chi connectivity index (χ4v) is 2.08. The van der Waals surface area contributed by atoms with Crippen LogP contribution in [0, 0.1) is 0 Å². The third-order valence-electron chi connectivity index (χ3n) is 3.34. The zero-order valence-corrected chi connectivity index (χ0v) is 11.6. The van der Waals surface area contributed by atoms with E-state index in [-0.39, 0.29) is 18.5 Å². The summed E-state index contributed by atoms with van der Waals surface area (Å²) in [5, 5.41) is 0. The van der Waals surface area contributed by atoms with Gasteiger partial charge in [0, 0.05) is 20.0 Å². The molecule has 0 bridgehead atoms. The third-order valence-corrected chi connectivity index (χ3v) is 3.34. The Morgan fingerprint density at radius 1 is 1.39 bits per heavy atom. The Balaban J connectivity index is 2.36. The van der Waals surface area contributed by atoms with E-state index < -0.39 is 5.79 Å². The van der Waals surface area contributed by atoms with Crippen LogP contribution in [0.4, 0.5) is 0 Å². The smallest absolute Gasteiger partial charge is 0.308 e. The minimum Gasteiger partial charge on any atom is -0.469 e. The molecule has 5 nitrogen and oxygen atoms in total. The number of unbranched alkanes of at least 4 members (excludes halogenated alkanes) is 2. The number of rotatable bonds is 7. The van der Waals surface area contributed by atoms with Crippen molar-refractivity contribution in [1.82, 2.24) is 0 Å². The van der Waals surface area contributed by atoms with E-state index in [1.807, 2.05) is 0 Å². The number of ether oxygens (including phenoxy) is 2. The summed E-state index contributed by atoms with van der Waals surface area (Å²) in [5.74, 6) is -0.915. The van der Waals surface area contributed by atoms with Crippen LogP contribution in [0.25, 0.3) is 0 Å². The van der Waals surface area contributed by atoms with Crippen LogP contribution in [0.3, 0.4) is 0 Å². The molecular formula is C13H24O5. The Hall–Kier alpha value is -0.650. The lowest BCUT2D eigenvalue weighted by atomic mass is 9.98. The lowest BCUT2D eigenvalue weighted by Gasteiger charge is -2.37. The summed E-state index contributed by atoms with van der Waals surface area (Å²) in [4.78, 5) is 21.8. The van der Waals surface area contributed by atoms with E-state index in [1.54, 1.807) is 7.11 Å². The minimum absolute atomic E-state index is 0.227. The van der Waals surface area contributed by atoms with E-state index in [0.717, 1.165) is 38.5 Å². The van der Waals surface area contributed by atoms with Crippen LogP contribution in [0.1, 0.15) is 51.9 Å². The lowest BCUT2D eigenvalue weighted by Crippen LogP contribution is -2.42. The largest absolute Gasteiger partial charge is 0.469 e. The van der Waals surface area contributed by atoms with Crippen LogP contribution >= 0.6 is 0 Å². The second-order valence-corrected chi connectivity index (χ2v) is 4.69. The van der Waals surface area contributed by atoms with Gasteiger partial charge in [0.05, 0.1) is 13.5 Å². The van der Waals surface area contributed by atoms with Gasteiger partial charge in [0.2, 0.25) is 5.79 Å². The summed E-state index contributed by atoms with van der Waals surface area (Å²) in [5.41, 5.74) is 0. The fraction of sp³-hybridized carbons (Fsp3) is 0.923. The van der Waals surface area contributed by atoms with Gasteiger partial charge in [-0.05, 0) is 12.8 Å². The maximum absolute atomic E-state index is 11.1. The first-order chi connectivity index (χ1) is 8.65. The second-order valence-electron chi connectivity index (χ2n) is 4.69. The molecule has 1 rings (SSSR count). The molecular weight excluding hydrogens is 236 g/mol. The molecule has 18 heavy (non-hydrogen) atoms. The van der Waals surface area contributed by atoms with Gasteiger partial charge in [-0.1, -0.05) is 19.8 Å². The molecule has 0 radical (unpaired) electrons. The van der Waals surface area contributed by atoms with Gasteiger partial charge in [-0.15, -0.1) is 0 Å². The molecule has 0 aliphatic carbocycles. The average Bonchev–Trinajstić information content (AvgIpc) is 2.41. The highest BCUT2D eigenvalue weighted by Gasteiger charge is 2.38. The zero-order valence-electron chi connectivity index (χ0n) is 11.6. The minimum atomic E-state index is -0.637. The van der Waals surface area contributed by atoms with Crippen molar-refractivity contribution in [3.8, 4) is 0 Å². The van der Waals surface area contributed by atoms with E-state index in [0.29, 0.717) is 0 Å². The maximum Gasteiger partial charge on any atom is 0.308 e. The number of esters is 1. The van der Waals surface area contributed by atoms with E-state index in [4.69, 9.17) is 14.5 Å². The standard InChI is InChI=1S/C13H24O5/c1-4-5-6-8-13(16-3)9-7-11(17-18-13)10-12(14)15-2/h11H,4-10H2,1-3H3/t11-,13-/m0/s1. The van der Waals surface area contributed by atoms with E-state index in [2.05, 4.69) is 11.7 Å². The second kappa shape index (κ2) is 7.71. The molecule has 1 aliphatic rings. The molecule has 1 aliphatic heterocycles. The molecule has 0 unspecified atom stereocenters. The predicted molar refractivity (Wildman–Crippen MR) is 65.7 cm³/mol. The molecule has 1 saturated heterocycles. The highest BCUT2D eigenvalue weighted by molar-refractivity contribution is 5.69. The van der Waals surface area contributed by atoms with Crippen LogP contribution < -0.4 is 0 Å². The normalized spacial score (nSPS) is 28.1. The SMILES string of the molecule is CCCCC[C@@]1(OC)CC[C@@H](CC(=O)OC)OO1. The highest BCUT2D eigenvalue weighted by atomic mass is 17.2. The Labute approximate surface area is 109 Å². The van der Waals surface area contributed by atoms with Crippen LogP contribution in [0.2, 0.25) is 0 Å². The van der Waals surface area contributed by atoms with Gasteiger partial charge in [-0.3, -0.25) is 4.79 Å². The molecule has 5 heteroatoms. The topological polar surface area (TPSA) is 54.0 Å². The van der Waals surface area contributed by atoms with Crippen molar-refractivity contribution in [3.63, 3.8) is 0 Å². The van der Waals surface area contributed by atoms with E-state index in [9.17, 15) is 4.79 Å². The van der Waals surface area contributed by atoms with Crippen molar-refractivity contribution in [3.05, 3.63) is 0 Å². The quantitative estimate of drug-likeness (QED) is 0.400. The van der Waals surface area contributed by atoms with Crippen molar-refractivity contribution in [2.24, 2.45) is 0 Å². The zero-order chi connectivity index (χ0) is 13.4.